The summed E-state index contributed by atoms with van der Waals surface area (Å²) in [6.45, 7) is 2.15. The van der Waals surface area contributed by atoms with Gasteiger partial charge in [0.25, 0.3) is 0 Å². The molecule has 96 valence electrons. The molecule has 16 heavy (non-hydrogen) atoms. The number of alkyl halides is 3. The number of hydrogen-bond acceptors (Lipinski definition) is 1. The summed E-state index contributed by atoms with van der Waals surface area (Å²) in [6.07, 6.45) is 0.803. The average molecular weight is 237 g/mol. The van der Waals surface area contributed by atoms with E-state index >= 15 is 0 Å². The molecule has 1 nitrogen and oxygen atoms in total. The van der Waals surface area contributed by atoms with E-state index in [2.05, 4.69) is 6.92 Å². The molecule has 0 saturated heterocycles. The third-order valence-electron chi connectivity index (χ3n) is 3.77. The predicted molar refractivity (Wildman–Crippen MR) is 59.0 cm³/mol. The van der Waals surface area contributed by atoms with E-state index in [4.69, 9.17) is 5.73 Å². The Morgan fingerprint density at radius 2 is 2.00 bits per heavy atom. The monoisotopic (exact) mass is 237 g/mol. The molecule has 1 saturated carbocycles. The molecule has 1 aliphatic carbocycles. The quantitative estimate of drug-likeness (QED) is 0.789. The SMILES string of the molecule is CCC1CCCC(C(N)CCC(F)(F)F)C1. The fourth-order valence-corrected chi connectivity index (χ4v) is 2.66. The average Bonchev–Trinajstić information content (AvgIpc) is 2.25. The van der Waals surface area contributed by atoms with Crippen LogP contribution in [-0.4, -0.2) is 12.2 Å². The molecule has 1 fully saturated rings. The first-order chi connectivity index (χ1) is 7.42. The van der Waals surface area contributed by atoms with E-state index in [1.165, 1.54) is 6.42 Å². The molecule has 0 aromatic carbocycles. The molecule has 0 aromatic heterocycles. The van der Waals surface area contributed by atoms with Gasteiger partial charge in [0, 0.05) is 12.5 Å². The second kappa shape index (κ2) is 5.89. The maximum atomic E-state index is 12.1. The Morgan fingerprint density at radius 1 is 1.31 bits per heavy atom. The maximum Gasteiger partial charge on any atom is 0.389 e. The molecule has 0 bridgehead atoms. The summed E-state index contributed by atoms with van der Waals surface area (Å²) in [7, 11) is 0. The summed E-state index contributed by atoms with van der Waals surface area (Å²) >= 11 is 0. The van der Waals surface area contributed by atoms with Crippen molar-refractivity contribution in [2.45, 2.75) is 64.1 Å². The minimum atomic E-state index is -4.06. The summed E-state index contributed by atoms with van der Waals surface area (Å²) < 4.78 is 36.2. The molecule has 3 atom stereocenters. The van der Waals surface area contributed by atoms with Crippen molar-refractivity contribution in [3.8, 4) is 0 Å². The molecule has 1 aliphatic rings. The second-order valence-electron chi connectivity index (χ2n) is 5.02. The van der Waals surface area contributed by atoms with Crippen LogP contribution in [0.3, 0.4) is 0 Å². The van der Waals surface area contributed by atoms with Crippen LogP contribution in [0.4, 0.5) is 13.2 Å². The zero-order valence-corrected chi connectivity index (χ0v) is 9.89. The number of rotatable bonds is 4. The van der Waals surface area contributed by atoms with Crippen molar-refractivity contribution >= 4 is 0 Å². The largest absolute Gasteiger partial charge is 0.389 e. The minimum absolute atomic E-state index is 0.0879. The number of hydrogen-bond donors (Lipinski definition) is 1. The van der Waals surface area contributed by atoms with Gasteiger partial charge in [-0.25, -0.2) is 0 Å². The Labute approximate surface area is 95.6 Å². The Balaban J connectivity index is 2.32. The maximum absolute atomic E-state index is 12.1. The van der Waals surface area contributed by atoms with E-state index in [1.807, 2.05) is 0 Å². The third-order valence-corrected chi connectivity index (χ3v) is 3.77. The van der Waals surface area contributed by atoms with Crippen LogP contribution in [-0.2, 0) is 0 Å². The lowest BCUT2D eigenvalue weighted by Gasteiger charge is -2.32. The molecule has 1 rings (SSSR count). The Morgan fingerprint density at radius 3 is 2.56 bits per heavy atom. The fraction of sp³-hybridized carbons (Fsp3) is 1.00. The van der Waals surface area contributed by atoms with E-state index in [0.29, 0.717) is 11.8 Å². The smallest absolute Gasteiger partial charge is 0.327 e. The van der Waals surface area contributed by atoms with Gasteiger partial charge in [-0.15, -0.1) is 0 Å². The second-order valence-corrected chi connectivity index (χ2v) is 5.02. The Kier molecular flexibility index (Phi) is 5.09. The van der Waals surface area contributed by atoms with Gasteiger partial charge in [-0.2, -0.15) is 13.2 Å². The van der Waals surface area contributed by atoms with Crippen LogP contribution in [0.2, 0.25) is 0 Å². The normalized spacial score (nSPS) is 29.1. The van der Waals surface area contributed by atoms with Gasteiger partial charge in [0.2, 0.25) is 0 Å². The van der Waals surface area contributed by atoms with Gasteiger partial charge in [-0.3, -0.25) is 0 Å². The molecule has 2 N–H and O–H groups in total. The van der Waals surface area contributed by atoms with Gasteiger partial charge < -0.3 is 5.73 Å². The van der Waals surface area contributed by atoms with E-state index in [-0.39, 0.29) is 12.5 Å². The molecule has 0 aromatic rings. The van der Waals surface area contributed by atoms with E-state index in [1.54, 1.807) is 0 Å². The molecule has 0 aliphatic heterocycles. The predicted octanol–water partition coefficient (Wildman–Crippen LogP) is 3.87. The lowest BCUT2D eigenvalue weighted by Crippen LogP contribution is -2.34. The highest BCUT2D eigenvalue weighted by Crippen LogP contribution is 2.34. The molecule has 4 heteroatoms. The van der Waals surface area contributed by atoms with E-state index in [9.17, 15) is 13.2 Å². The third kappa shape index (κ3) is 4.73. The van der Waals surface area contributed by atoms with E-state index in [0.717, 1.165) is 25.7 Å². The van der Waals surface area contributed by atoms with Crippen molar-refractivity contribution in [1.29, 1.82) is 0 Å². The number of nitrogens with two attached hydrogens (primary N) is 1. The van der Waals surface area contributed by atoms with Crippen LogP contribution in [0.15, 0.2) is 0 Å². The van der Waals surface area contributed by atoms with Gasteiger partial charge in [0.15, 0.2) is 0 Å². The lowest BCUT2D eigenvalue weighted by atomic mass is 9.76. The highest BCUT2D eigenvalue weighted by molar-refractivity contribution is 4.80. The summed E-state index contributed by atoms with van der Waals surface area (Å²) in [5, 5.41) is 0. The van der Waals surface area contributed by atoms with Crippen LogP contribution >= 0.6 is 0 Å². The highest BCUT2D eigenvalue weighted by atomic mass is 19.4. The molecular weight excluding hydrogens is 215 g/mol. The molecular formula is C12H22F3N. The first-order valence-corrected chi connectivity index (χ1v) is 6.24. The van der Waals surface area contributed by atoms with Crippen molar-refractivity contribution < 1.29 is 13.2 Å². The van der Waals surface area contributed by atoms with Crippen LogP contribution in [0.5, 0.6) is 0 Å². The summed E-state index contributed by atoms with van der Waals surface area (Å²) in [5.41, 5.74) is 5.87. The first kappa shape index (κ1) is 13.8. The Hall–Kier alpha value is -0.250. The van der Waals surface area contributed by atoms with Gasteiger partial charge in [-0.1, -0.05) is 26.2 Å². The summed E-state index contributed by atoms with van der Waals surface area (Å²) in [4.78, 5) is 0. The Bertz CT molecular complexity index is 203. The van der Waals surface area contributed by atoms with Crippen molar-refractivity contribution in [3.05, 3.63) is 0 Å². The zero-order chi connectivity index (χ0) is 12.2. The minimum Gasteiger partial charge on any atom is -0.327 e. The van der Waals surface area contributed by atoms with Crippen molar-refractivity contribution in [1.82, 2.24) is 0 Å². The fourth-order valence-electron chi connectivity index (χ4n) is 2.66. The molecule has 0 spiro atoms. The summed E-state index contributed by atoms with van der Waals surface area (Å²) in [5.74, 6) is 0.983. The van der Waals surface area contributed by atoms with Crippen molar-refractivity contribution in [2.24, 2.45) is 17.6 Å². The molecule has 0 amide bonds. The van der Waals surface area contributed by atoms with Gasteiger partial charge in [0.1, 0.15) is 0 Å². The van der Waals surface area contributed by atoms with Crippen molar-refractivity contribution in [3.63, 3.8) is 0 Å². The van der Waals surface area contributed by atoms with Gasteiger partial charge in [0.05, 0.1) is 0 Å². The van der Waals surface area contributed by atoms with Crippen LogP contribution in [0.25, 0.3) is 0 Å². The van der Waals surface area contributed by atoms with Crippen LogP contribution in [0.1, 0.15) is 51.9 Å². The summed E-state index contributed by atoms with van der Waals surface area (Å²) in [6, 6.07) is -0.268. The van der Waals surface area contributed by atoms with Crippen LogP contribution < -0.4 is 5.73 Å². The molecule has 0 radical (unpaired) electrons. The molecule has 3 unspecified atom stereocenters. The lowest BCUT2D eigenvalue weighted by molar-refractivity contribution is -0.137. The first-order valence-electron chi connectivity index (χ1n) is 6.24. The highest BCUT2D eigenvalue weighted by Gasteiger charge is 2.31. The van der Waals surface area contributed by atoms with Gasteiger partial charge >= 0.3 is 6.18 Å². The number of halogens is 3. The standard InChI is InChI=1S/C12H22F3N/c1-2-9-4-3-5-10(8-9)11(16)6-7-12(13,14)15/h9-11H,2-8,16H2,1H3. The zero-order valence-electron chi connectivity index (χ0n) is 9.89. The van der Waals surface area contributed by atoms with Crippen molar-refractivity contribution in [2.75, 3.05) is 0 Å². The van der Waals surface area contributed by atoms with Crippen LogP contribution in [0, 0.1) is 11.8 Å². The van der Waals surface area contributed by atoms with E-state index < -0.39 is 12.6 Å². The topological polar surface area (TPSA) is 26.0 Å². The van der Waals surface area contributed by atoms with Gasteiger partial charge in [-0.05, 0) is 31.1 Å². The molecule has 0 heterocycles.